The van der Waals surface area contributed by atoms with Gasteiger partial charge in [0.15, 0.2) is 11.9 Å². The molecular weight excluding hydrogens is 394 g/mol. The van der Waals surface area contributed by atoms with E-state index in [-0.39, 0.29) is 16.9 Å². The first-order valence-corrected chi connectivity index (χ1v) is 9.91. The molecule has 3 rings (SSSR count). The average Bonchev–Trinajstić information content (AvgIpc) is 2.99. The maximum Gasteiger partial charge on any atom is 0.339 e. The van der Waals surface area contributed by atoms with Gasteiger partial charge in [0.1, 0.15) is 0 Å². The largest absolute Gasteiger partial charge is 0.449 e. The molecule has 160 valence electrons. The van der Waals surface area contributed by atoms with Gasteiger partial charge in [-0.2, -0.15) is 5.10 Å². The molecule has 0 aliphatic rings. The second kappa shape index (κ2) is 8.95. The molecule has 0 radical (unpaired) electrons. The Hall–Kier alpha value is -3.74. The molecule has 3 aromatic rings. The van der Waals surface area contributed by atoms with Crippen LogP contribution in [-0.2, 0) is 16.6 Å². The Morgan fingerprint density at radius 2 is 1.58 bits per heavy atom. The van der Waals surface area contributed by atoms with Gasteiger partial charge in [-0.15, -0.1) is 0 Å². The van der Waals surface area contributed by atoms with Crippen molar-refractivity contribution in [3.63, 3.8) is 0 Å². The van der Waals surface area contributed by atoms with Crippen LogP contribution in [0.5, 0.6) is 0 Å². The molecule has 0 fully saturated rings. The van der Waals surface area contributed by atoms with Gasteiger partial charge in [-0.3, -0.25) is 14.3 Å². The number of benzene rings is 2. The van der Waals surface area contributed by atoms with E-state index in [4.69, 9.17) is 4.74 Å². The van der Waals surface area contributed by atoms with Crippen LogP contribution < -0.4 is 5.32 Å². The molecule has 1 aromatic heterocycles. The van der Waals surface area contributed by atoms with Crippen molar-refractivity contribution in [3.05, 3.63) is 82.2 Å². The average molecular weight is 419 g/mol. The van der Waals surface area contributed by atoms with Gasteiger partial charge in [-0.25, -0.2) is 4.79 Å². The maximum atomic E-state index is 12.9. The summed E-state index contributed by atoms with van der Waals surface area (Å²) in [4.78, 5) is 38.3. The molecule has 1 atom stereocenters. The summed E-state index contributed by atoms with van der Waals surface area (Å²) in [5.41, 5.74) is 3.89. The minimum atomic E-state index is -1.06. The first kappa shape index (κ1) is 22.0. The number of ketones is 1. The Morgan fingerprint density at radius 1 is 0.968 bits per heavy atom. The topological polar surface area (TPSA) is 90.3 Å². The molecule has 0 saturated carbocycles. The van der Waals surface area contributed by atoms with E-state index in [0.717, 1.165) is 11.3 Å². The van der Waals surface area contributed by atoms with E-state index >= 15 is 0 Å². The highest BCUT2D eigenvalue weighted by molar-refractivity contribution is 6.14. The fourth-order valence-corrected chi connectivity index (χ4v) is 3.18. The van der Waals surface area contributed by atoms with Gasteiger partial charge in [0.2, 0.25) is 0 Å². The van der Waals surface area contributed by atoms with Crippen LogP contribution in [0.15, 0.2) is 48.5 Å². The first-order chi connectivity index (χ1) is 14.7. The quantitative estimate of drug-likeness (QED) is 0.485. The van der Waals surface area contributed by atoms with Gasteiger partial charge in [-0.1, -0.05) is 48.0 Å². The maximum absolute atomic E-state index is 12.9. The molecule has 31 heavy (non-hydrogen) atoms. The summed E-state index contributed by atoms with van der Waals surface area (Å²) in [5.74, 6) is -1.50. The standard InChI is InChI=1S/C24H25N3O4/c1-14-10-12-18(13-11-14)22(28)19-8-6-7-9-20(19)24(30)31-17(4)23(29)25-21-15(2)26-27(5)16(21)3/h6-13,17H,1-5H3,(H,25,29)/t17-/m0/s1. The van der Waals surface area contributed by atoms with Gasteiger partial charge in [0.05, 0.1) is 22.6 Å². The van der Waals surface area contributed by atoms with Gasteiger partial charge < -0.3 is 10.1 Å². The lowest BCUT2D eigenvalue weighted by Crippen LogP contribution is -2.30. The minimum absolute atomic E-state index is 0.112. The highest BCUT2D eigenvalue weighted by atomic mass is 16.5. The summed E-state index contributed by atoms with van der Waals surface area (Å²) >= 11 is 0. The van der Waals surface area contributed by atoms with Crippen LogP contribution in [0.25, 0.3) is 0 Å². The molecule has 7 heteroatoms. The zero-order chi connectivity index (χ0) is 22.7. The molecule has 0 aliphatic heterocycles. The summed E-state index contributed by atoms with van der Waals surface area (Å²) in [6.45, 7) is 7.03. The number of ether oxygens (including phenoxy) is 1. The number of carbonyl (C=O) groups is 3. The Morgan fingerprint density at radius 3 is 2.16 bits per heavy atom. The van der Waals surface area contributed by atoms with Crippen LogP contribution in [0.2, 0.25) is 0 Å². The van der Waals surface area contributed by atoms with E-state index in [1.54, 1.807) is 49.0 Å². The Bertz CT molecular complexity index is 1150. The second-order valence-electron chi connectivity index (χ2n) is 7.45. The van der Waals surface area contributed by atoms with Crippen molar-refractivity contribution in [2.24, 2.45) is 7.05 Å². The molecule has 0 aliphatic carbocycles. The van der Waals surface area contributed by atoms with E-state index in [0.29, 0.717) is 16.9 Å². The first-order valence-electron chi connectivity index (χ1n) is 9.91. The Balaban J connectivity index is 1.76. The SMILES string of the molecule is Cc1ccc(C(=O)c2ccccc2C(=O)O[C@@H](C)C(=O)Nc2c(C)nn(C)c2C)cc1. The number of hydrogen-bond acceptors (Lipinski definition) is 5. The van der Waals surface area contributed by atoms with Crippen LogP contribution in [-0.4, -0.2) is 33.5 Å². The number of nitrogens with zero attached hydrogens (tertiary/aromatic N) is 2. The molecule has 0 spiro atoms. The number of carbonyl (C=O) groups excluding carboxylic acids is 3. The van der Waals surface area contributed by atoms with Crippen molar-refractivity contribution < 1.29 is 19.1 Å². The number of anilines is 1. The predicted octanol–water partition coefficient (Wildman–Crippen LogP) is 3.76. The van der Waals surface area contributed by atoms with Crippen LogP contribution in [0.1, 0.15) is 50.2 Å². The summed E-state index contributed by atoms with van der Waals surface area (Å²) in [7, 11) is 1.78. The van der Waals surface area contributed by atoms with Crippen molar-refractivity contribution in [3.8, 4) is 0 Å². The second-order valence-corrected chi connectivity index (χ2v) is 7.45. The fraction of sp³-hybridized carbons (Fsp3) is 0.250. The lowest BCUT2D eigenvalue weighted by atomic mass is 9.98. The molecule has 1 N–H and O–H groups in total. The summed E-state index contributed by atoms with van der Waals surface area (Å²) in [6.07, 6.45) is -1.06. The Kier molecular flexibility index (Phi) is 6.34. The predicted molar refractivity (Wildman–Crippen MR) is 117 cm³/mol. The monoisotopic (exact) mass is 419 g/mol. The number of amides is 1. The van der Waals surface area contributed by atoms with Gasteiger partial charge in [0.25, 0.3) is 5.91 Å². The van der Waals surface area contributed by atoms with Gasteiger partial charge >= 0.3 is 5.97 Å². The number of aromatic nitrogens is 2. The third kappa shape index (κ3) is 4.71. The van der Waals surface area contributed by atoms with E-state index in [1.165, 1.54) is 13.0 Å². The molecule has 0 saturated heterocycles. The zero-order valence-electron chi connectivity index (χ0n) is 18.2. The molecule has 1 heterocycles. The normalized spacial score (nSPS) is 11.6. The van der Waals surface area contributed by atoms with Gasteiger partial charge in [-0.05, 0) is 33.8 Å². The highest BCUT2D eigenvalue weighted by Crippen LogP contribution is 2.20. The van der Waals surface area contributed by atoms with E-state index < -0.39 is 18.0 Å². The number of esters is 1. The molecular formula is C24H25N3O4. The lowest BCUT2D eigenvalue weighted by molar-refractivity contribution is -0.123. The number of aryl methyl sites for hydroxylation is 3. The molecule has 0 bridgehead atoms. The fourth-order valence-electron chi connectivity index (χ4n) is 3.18. The van der Waals surface area contributed by atoms with E-state index in [1.807, 2.05) is 26.0 Å². The smallest absolute Gasteiger partial charge is 0.339 e. The Labute approximate surface area is 181 Å². The number of nitrogens with one attached hydrogen (secondary N) is 1. The summed E-state index contributed by atoms with van der Waals surface area (Å²) in [5, 5.41) is 7.01. The van der Waals surface area contributed by atoms with Gasteiger partial charge in [0, 0.05) is 18.2 Å². The van der Waals surface area contributed by atoms with Crippen LogP contribution in [0.3, 0.4) is 0 Å². The third-order valence-corrected chi connectivity index (χ3v) is 5.12. The van der Waals surface area contributed by atoms with Crippen LogP contribution in [0.4, 0.5) is 5.69 Å². The van der Waals surface area contributed by atoms with Crippen molar-refractivity contribution in [2.45, 2.75) is 33.8 Å². The van der Waals surface area contributed by atoms with Crippen molar-refractivity contribution in [1.29, 1.82) is 0 Å². The van der Waals surface area contributed by atoms with Crippen LogP contribution >= 0.6 is 0 Å². The lowest BCUT2D eigenvalue weighted by Gasteiger charge is -2.15. The van der Waals surface area contributed by atoms with Crippen molar-refractivity contribution in [1.82, 2.24) is 9.78 Å². The molecule has 0 unspecified atom stereocenters. The molecule has 1 amide bonds. The van der Waals surface area contributed by atoms with Crippen molar-refractivity contribution in [2.75, 3.05) is 5.32 Å². The number of hydrogen-bond donors (Lipinski definition) is 1. The van der Waals surface area contributed by atoms with E-state index in [9.17, 15) is 14.4 Å². The van der Waals surface area contributed by atoms with E-state index in [2.05, 4.69) is 10.4 Å². The molecule has 2 aromatic carbocycles. The van der Waals surface area contributed by atoms with Crippen LogP contribution in [0, 0.1) is 20.8 Å². The highest BCUT2D eigenvalue weighted by Gasteiger charge is 2.24. The summed E-state index contributed by atoms with van der Waals surface area (Å²) in [6, 6.07) is 13.5. The number of rotatable bonds is 6. The summed E-state index contributed by atoms with van der Waals surface area (Å²) < 4.78 is 7.03. The minimum Gasteiger partial charge on any atom is -0.449 e. The zero-order valence-corrected chi connectivity index (χ0v) is 18.2. The molecule has 7 nitrogen and oxygen atoms in total. The van der Waals surface area contributed by atoms with Crippen molar-refractivity contribution >= 4 is 23.3 Å². The third-order valence-electron chi connectivity index (χ3n) is 5.12.